The summed E-state index contributed by atoms with van der Waals surface area (Å²) in [5.74, 6) is -0.171. The first-order valence-corrected chi connectivity index (χ1v) is 5.59. The van der Waals surface area contributed by atoms with Crippen LogP contribution in [0.5, 0.6) is 11.5 Å². The van der Waals surface area contributed by atoms with Crippen molar-refractivity contribution < 1.29 is 24.9 Å². The van der Waals surface area contributed by atoms with Crippen LogP contribution in [0, 0.1) is 0 Å². The highest BCUT2D eigenvalue weighted by Crippen LogP contribution is 2.17. The Morgan fingerprint density at radius 1 is 1.17 bits per heavy atom. The van der Waals surface area contributed by atoms with Crippen LogP contribution in [0.25, 0.3) is 0 Å². The molecule has 0 atom stereocenters. The number of aromatic hydroxyl groups is 1. The third-order valence-electron chi connectivity index (χ3n) is 2.21. The molecular weight excluding hydrogens is 236 g/mol. The maximum atomic E-state index is 11.7. The van der Waals surface area contributed by atoms with E-state index in [2.05, 4.69) is 0 Å². The second-order valence-corrected chi connectivity index (χ2v) is 3.60. The number of aliphatic hydroxyl groups is 2. The minimum atomic E-state index is -0.566. The molecule has 0 fully saturated rings. The lowest BCUT2D eigenvalue weighted by molar-refractivity contribution is -0.130. The van der Waals surface area contributed by atoms with Gasteiger partial charge in [-0.2, -0.15) is 0 Å². The van der Waals surface area contributed by atoms with Gasteiger partial charge in [-0.15, -0.1) is 0 Å². The number of carbonyl (C=O) groups is 1. The largest absolute Gasteiger partial charge is 0.508 e. The van der Waals surface area contributed by atoms with Gasteiger partial charge in [0.25, 0.3) is 0 Å². The minimum Gasteiger partial charge on any atom is -0.508 e. The van der Waals surface area contributed by atoms with Crippen molar-refractivity contribution in [3.05, 3.63) is 35.9 Å². The van der Waals surface area contributed by atoms with Crippen LogP contribution in [0.2, 0.25) is 0 Å². The van der Waals surface area contributed by atoms with Gasteiger partial charge in [-0.25, -0.2) is 4.79 Å². The van der Waals surface area contributed by atoms with Crippen LogP contribution in [0.1, 0.15) is 12.8 Å². The van der Waals surface area contributed by atoms with Crippen molar-refractivity contribution in [2.45, 2.75) is 12.8 Å². The topological polar surface area (TPSA) is 87.0 Å². The van der Waals surface area contributed by atoms with Crippen LogP contribution in [-0.2, 0) is 4.79 Å². The molecule has 0 aliphatic rings. The van der Waals surface area contributed by atoms with Crippen LogP contribution in [0.4, 0.5) is 0 Å². The quantitative estimate of drug-likeness (QED) is 0.399. The Hall–Kier alpha value is -1.85. The summed E-state index contributed by atoms with van der Waals surface area (Å²) in [6, 6.07) is 5.75. The number of hydrogen-bond donors (Lipinski definition) is 3. The molecule has 1 rings (SSSR count). The molecule has 98 valence electrons. The van der Waals surface area contributed by atoms with E-state index in [-0.39, 0.29) is 25.4 Å². The number of ether oxygens (including phenoxy) is 1. The first kappa shape index (κ1) is 14.2. The summed E-state index contributed by atoms with van der Waals surface area (Å²) in [7, 11) is 0. The number of aliphatic hydroxyl groups excluding tert-OH is 2. The van der Waals surface area contributed by atoms with E-state index in [9.17, 15) is 4.79 Å². The van der Waals surface area contributed by atoms with Gasteiger partial charge in [0, 0.05) is 25.2 Å². The predicted octanol–water partition coefficient (Wildman–Crippen LogP) is 0.989. The average molecular weight is 252 g/mol. The zero-order valence-corrected chi connectivity index (χ0v) is 9.87. The van der Waals surface area contributed by atoms with Gasteiger partial charge in [0.15, 0.2) is 0 Å². The van der Waals surface area contributed by atoms with Crippen LogP contribution >= 0.6 is 0 Å². The molecule has 5 nitrogen and oxygen atoms in total. The fourth-order valence-corrected chi connectivity index (χ4v) is 1.33. The Bertz CT molecular complexity index is 408. The molecule has 18 heavy (non-hydrogen) atoms. The summed E-state index contributed by atoms with van der Waals surface area (Å²) in [5.41, 5.74) is 0.319. The smallest absolute Gasteiger partial charge is 0.339 e. The van der Waals surface area contributed by atoms with Crippen molar-refractivity contribution in [1.29, 1.82) is 0 Å². The average Bonchev–Trinajstić information content (AvgIpc) is 2.37. The van der Waals surface area contributed by atoms with Gasteiger partial charge in [0.05, 0.1) is 0 Å². The number of phenols is 1. The summed E-state index contributed by atoms with van der Waals surface area (Å²) in [6.45, 7) is -0.233. The Labute approximate surface area is 105 Å². The van der Waals surface area contributed by atoms with Crippen molar-refractivity contribution in [2.75, 3.05) is 13.2 Å². The number of esters is 1. The highest BCUT2D eigenvalue weighted by atomic mass is 16.5. The fourth-order valence-electron chi connectivity index (χ4n) is 1.33. The molecule has 0 aromatic heterocycles. The first-order valence-electron chi connectivity index (χ1n) is 5.59. The lowest BCUT2D eigenvalue weighted by Crippen LogP contribution is -2.12. The van der Waals surface area contributed by atoms with E-state index in [1.807, 2.05) is 0 Å². The third kappa shape index (κ3) is 4.57. The lowest BCUT2D eigenvalue weighted by Gasteiger charge is -2.07. The van der Waals surface area contributed by atoms with Gasteiger partial charge in [-0.3, -0.25) is 0 Å². The summed E-state index contributed by atoms with van der Waals surface area (Å²) in [5, 5.41) is 26.6. The highest BCUT2D eigenvalue weighted by molar-refractivity contribution is 5.90. The second kappa shape index (κ2) is 7.47. The summed E-state index contributed by atoms with van der Waals surface area (Å²) in [6.07, 6.45) is 2.05. The molecule has 0 unspecified atom stereocenters. The first-order chi connectivity index (χ1) is 8.67. The van der Waals surface area contributed by atoms with Crippen LogP contribution in [0.15, 0.2) is 35.9 Å². The molecule has 0 bridgehead atoms. The number of phenolic OH excluding ortho intramolecular Hbond substituents is 1. The molecule has 0 saturated heterocycles. The Morgan fingerprint density at radius 2 is 1.83 bits per heavy atom. The van der Waals surface area contributed by atoms with E-state index in [0.717, 1.165) is 0 Å². The zero-order chi connectivity index (χ0) is 13.4. The van der Waals surface area contributed by atoms with E-state index in [1.54, 1.807) is 6.08 Å². The Morgan fingerprint density at radius 3 is 2.39 bits per heavy atom. The predicted molar refractivity (Wildman–Crippen MR) is 65.2 cm³/mol. The molecule has 0 amide bonds. The van der Waals surface area contributed by atoms with Crippen LogP contribution in [-0.4, -0.2) is 34.5 Å². The summed E-state index contributed by atoms with van der Waals surface area (Å²) < 4.78 is 5.07. The maximum Gasteiger partial charge on any atom is 0.339 e. The molecule has 3 N–H and O–H groups in total. The van der Waals surface area contributed by atoms with E-state index in [4.69, 9.17) is 20.1 Å². The molecular formula is C13H16O5. The van der Waals surface area contributed by atoms with Crippen molar-refractivity contribution in [2.24, 2.45) is 0 Å². The monoisotopic (exact) mass is 252 g/mol. The molecule has 0 radical (unpaired) electrons. The molecule has 0 saturated carbocycles. The normalized spacial score (nSPS) is 11.3. The van der Waals surface area contributed by atoms with Crippen LogP contribution < -0.4 is 4.74 Å². The number of benzene rings is 1. The van der Waals surface area contributed by atoms with E-state index in [1.165, 1.54) is 24.3 Å². The Balaban J connectivity index is 2.69. The zero-order valence-electron chi connectivity index (χ0n) is 9.87. The van der Waals surface area contributed by atoms with Crippen molar-refractivity contribution in [3.8, 4) is 11.5 Å². The fraction of sp³-hybridized carbons (Fsp3) is 0.308. The van der Waals surface area contributed by atoms with Gasteiger partial charge < -0.3 is 20.1 Å². The lowest BCUT2D eigenvalue weighted by atomic mass is 10.1. The van der Waals surface area contributed by atoms with Gasteiger partial charge in [-0.1, -0.05) is 6.08 Å². The van der Waals surface area contributed by atoms with Crippen molar-refractivity contribution in [1.82, 2.24) is 0 Å². The van der Waals surface area contributed by atoms with Gasteiger partial charge in [0.1, 0.15) is 11.5 Å². The van der Waals surface area contributed by atoms with E-state index < -0.39 is 5.97 Å². The molecule has 0 aliphatic heterocycles. The molecule has 1 aromatic carbocycles. The van der Waals surface area contributed by atoms with Crippen LogP contribution in [0.3, 0.4) is 0 Å². The number of carbonyl (C=O) groups excluding carboxylic acids is 1. The van der Waals surface area contributed by atoms with Crippen molar-refractivity contribution in [3.63, 3.8) is 0 Å². The Kier molecular flexibility index (Phi) is 5.90. The molecule has 0 aliphatic carbocycles. The standard InChI is InChI=1S/C13H16O5/c14-8-1-2-10(7-9-15)13(17)18-12-5-3-11(16)4-6-12/h2-6,14-16H,1,7-9H2. The minimum absolute atomic E-state index is 0.0680. The van der Waals surface area contributed by atoms with E-state index in [0.29, 0.717) is 17.7 Å². The third-order valence-corrected chi connectivity index (χ3v) is 2.21. The van der Waals surface area contributed by atoms with Gasteiger partial charge in [-0.05, 0) is 30.7 Å². The number of rotatable bonds is 6. The van der Waals surface area contributed by atoms with E-state index >= 15 is 0 Å². The van der Waals surface area contributed by atoms with Gasteiger partial charge >= 0.3 is 5.97 Å². The highest BCUT2D eigenvalue weighted by Gasteiger charge is 2.11. The molecule has 0 heterocycles. The molecule has 0 spiro atoms. The number of hydrogen-bond acceptors (Lipinski definition) is 5. The SMILES string of the molecule is O=C(Oc1ccc(O)cc1)C(=CCCO)CCO. The second-order valence-electron chi connectivity index (χ2n) is 3.60. The molecule has 5 heteroatoms. The maximum absolute atomic E-state index is 11.7. The summed E-state index contributed by atoms with van der Waals surface area (Å²) >= 11 is 0. The van der Waals surface area contributed by atoms with Crippen molar-refractivity contribution >= 4 is 5.97 Å². The molecule has 1 aromatic rings. The summed E-state index contributed by atoms with van der Waals surface area (Å²) in [4.78, 5) is 11.7. The van der Waals surface area contributed by atoms with Gasteiger partial charge in [0.2, 0.25) is 0 Å².